The Kier molecular flexibility index (Phi) is 2.73. The highest BCUT2D eigenvalue weighted by Gasteiger charge is 2.24. The van der Waals surface area contributed by atoms with E-state index in [0.29, 0.717) is 12.2 Å². The molecular formula is C12H15NO2. The molecule has 0 bridgehead atoms. The lowest BCUT2D eigenvalue weighted by molar-refractivity contribution is 0.0525. The monoisotopic (exact) mass is 205 g/mol. The molecule has 1 atom stereocenters. The van der Waals surface area contributed by atoms with E-state index >= 15 is 0 Å². The molecular weight excluding hydrogens is 190 g/mol. The van der Waals surface area contributed by atoms with Gasteiger partial charge in [-0.15, -0.1) is 0 Å². The molecule has 1 aromatic carbocycles. The molecule has 0 saturated carbocycles. The minimum Gasteiger partial charge on any atom is -0.462 e. The first-order valence-corrected chi connectivity index (χ1v) is 5.28. The molecule has 0 heterocycles. The minimum absolute atomic E-state index is 0.0781. The van der Waals surface area contributed by atoms with Crippen LogP contribution in [0.2, 0.25) is 0 Å². The van der Waals surface area contributed by atoms with Crippen molar-refractivity contribution in [1.82, 2.24) is 0 Å². The maximum absolute atomic E-state index is 11.6. The van der Waals surface area contributed by atoms with Crippen LogP contribution in [0.1, 0.15) is 40.9 Å². The van der Waals surface area contributed by atoms with Gasteiger partial charge in [-0.25, -0.2) is 4.79 Å². The Morgan fingerprint density at radius 3 is 3.13 bits per heavy atom. The molecule has 3 nitrogen and oxygen atoms in total. The van der Waals surface area contributed by atoms with E-state index in [1.54, 1.807) is 0 Å². The van der Waals surface area contributed by atoms with Crippen LogP contribution in [0.15, 0.2) is 18.2 Å². The lowest BCUT2D eigenvalue weighted by Gasteiger charge is -2.08. The second kappa shape index (κ2) is 4.03. The summed E-state index contributed by atoms with van der Waals surface area (Å²) in [5.74, 6) is -0.233. The first kappa shape index (κ1) is 10.2. The van der Waals surface area contributed by atoms with Crippen molar-refractivity contribution in [3.8, 4) is 0 Å². The van der Waals surface area contributed by atoms with Gasteiger partial charge in [0.2, 0.25) is 0 Å². The lowest BCUT2D eigenvalue weighted by Crippen LogP contribution is -2.09. The zero-order valence-corrected chi connectivity index (χ0v) is 8.82. The molecule has 2 N–H and O–H groups in total. The van der Waals surface area contributed by atoms with E-state index in [0.717, 1.165) is 24.0 Å². The van der Waals surface area contributed by atoms with Crippen molar-refractivity contribution < 1.29 is 9.53 Å². The fourth-order valence-corrected chi connectivity index (χ4v) is 2.09. The van der Waals surface area contributed by atoms with E-state index in [4.69, 9.17) is 10.5 Å². The van der Waals surface area contributed by atoms with Crippen LogP contribution in [-0.4, -0.2) is 12.6 Å². The Balaban J connectivity index is 2.38. The maximum Gasteiger partial charge on any atom is 0.338 e. The second-order valence-electron chi connectivity index (χ2n) is 3.74. The van der Waals surface area contributed by atoms with Crippen LogP contribution < -0.4 is 5.73 Å². The van der Waals surface area contributed by atoms with Gasteiger partial charge in [-0.1, -0.05) is 12.1 Å². The average molecular weight is 205 g/mol. The summed E-state index contributed by atoms with van der Waals surface area (Å²) in [6.07, 6.45) is 1.80. The van der Waals surface area contributed by atoms with Gasteiger partial charge in [0, 0.05) is 6.04 Å². The predicted molar refractivity (Wildman–Crippen MR) is 57.6 cm³/mol. The van der Waals surface area contributed by atoms with Crippen molar-refractivity contribution in [3.63, 3.8) is 0 Å². The molecule has 1 aromatic rings. The third kappa shape index (κ3) is 1.75. The van der Waals surface area contributed by atoms with Crippen LogP contribution in [0.25, 0.3) is 0 Å². The number of ether oxygens (including phenoxy) is 1. The second-order valence-corrected chi connectivity index (χ2v) is 3.74. The summed E-state index contributed by atoms with van der Waals surface area (Å²) >= 11 is 0. The Labute approximate surface area is 89.2 Å². The molecule has 80 valence electrons. The molecule has 0 aliphatic heterocycles. The van der Waals surface area contributed by atoms with Crippen LogP contribution in [-0.2, 0) is 11.2 Å². The number of hydrogen-bond donors (Lipinski definition) is 1. The van der Waals surface area contributed by atoms with Crippen molar-refractivity contribution >= 4 is 5.97 Å². The number of benzene rings is 1. The van der Waals surface area contributed by atoms with Gasteiger partial charge in [0.15, 0.2) is 0 Å². The molecule has 1 unspecified atom stereocenters. The summed E-state index contributed by atoms with van der Waals surface area (Å²) in [5, 5.41) is 0. The molecule has 0 aromatic heterocycles. The van der Waals surface area contributed by atoms with Crippen molar-refractivity contribution in [2.45, 2.75) is 25.8 Å². The van der Waals surface area contributed by atoms with Crippen LogP contribution in [0.4, 0.5) is 0 Å². The van der Waals surface area contributed by atoms with E-state index in [2.05, 4.69) is 0 Å². The molecule has 0 saturated heterocycles. The van der Waals surface area contributed by atoms with Crippen molar-refractivity contribution in [1.29, 1.82) is 0 Å². The first-order valence-electron chi connectivity index (χ1n) is 5.28. The van der Waals surface area contributed by atoms with Crippen LogP contribution in [0, 0.1) is 0 Å². The largest absolute Gasteiger partial charge is 0.462 e. The van der Waals surface area contributed by atoms with Gasteiger partial charge in [0.1, 0.15) is 0 Å². The number of carbonyl (C=O) groups is 1. The van der Waals surface area contributed by atoms with Gasteiger partial charge in [-0.3, -0.25) is 0 Å². The number of fused-ring (bicyclic) bond motifs is 1. The highest BCUT2D eigenvalue weighted by atomic mass is 16.5. The highest BCUT2D eigenvalue weighted by Crippen LogP contribution is 2.31. The molecule has 0 spiro atoms. The van der Waals surface area contributed by atoms with E-state index in [-0.39, 0.29) is 12.0 Å². The summed E-state index contributed by atoms with van der Waals surface area (Å²) < 4.78 is 5.01. The summed E-state index contributed by atoms with van der Waals surface area (Å²) in [6, 6.07) is 5.76. The Morgan fingerprint density at radius 2 is 2.40 bits per heavy atom. The molecule has 2 rings (SSSR count). The third-order valence-corrected chi connectivity index (χ3v) is 2.81. The molecule has 3 heteroatoms. The average Bonchev–Trinajstić information content (AvgIpc) is 2.61. The number of rotatable bonds is 2. The molecule has 0 amide bonds. The topological polar surface area (TPSA) is 52.3 Å². The standard InChI is InChI=1S/C12H15NO2/c1-2-15-12(14)10-5-3-4-9-8(10)6-7-11(9)13/h3-5,11H,2,6-7,13H2,1H3. The van der Waals surface area contributed by atoms with E-state index in [1.165, 1.54) is 0 Å². The normalized spacial score (nSPS) is 18.7. The SMILES string of the molecule is CCOC(=O)c1cccc2c1CCC2N. The fraction of sp³-hybridized carbons (Fsp3) is 0.417. The maximum atomic E-state index is 11.6. The molecule has 1 aliphatic carbocycles. The zero-order valence-electron chi connectivity index (χ0n) is 8.82. The van der Waals surface area contributed by atoms with Gasteiger partial charge in [-0.2, -0.15) is 0 Å². The number of carbonyl (C=O) groups excluding carboxylic acids is 1. The zero-order chi connectivity index (χ0) is 10.8. The number of hydrogen-bond acceptors (Lipinski definition) is 3. The smallest absolute Gasteiger partial charge is 0.338 e. The summed E-state index contributed by atoms with van der Waals surface area (Å²) in [6.45, 7) is 2.22. The van der Waals surface area contributed by atoms with Crippen molar-refractivity contribution in [2.24, 2.45) is 5.73 Å². The quantitative estimate of drug-likeness (QED) is 0.749. The Morgan fingerprint density at radius 1 is 1.60 bits per heavy atom. The molecule has 1 aliphatic rings. The Bertz CT molecular complexity index is 387. The summed E-state index contributed by atoms with van der Waals surface area (Å²) in [7, 11) is 0. The minimum atomic E-state index is -0.233. The first-order chi connectivity index (χ1) is 7.24. The van der Waals surface area contributed by atoms with Crippen molar-refractivity contribution in [3.05, 3.63) is 34.9 Å². The van der Waals surface area contributed by atoms with Gasteiger partial charge in [-0.05, 0) is 37.0 Å². The molecule has 15 heavy (non-hydrogen) atoms. The molecule has 0 fully saturated rings. The predicted octanol–water partition coefficient (Wildman–Crippen LogP) is 1.81. The number of nitrogens with two attached hydrogens (primary N) is 1. The highest BCUT2D eigenvalue weighted by molar-refractivity contribution is 5.91. The van der Waals surface area contributed by atoms with Gasteiger partial charge < -0.3 is 10.5 Å². The third-order valence-electron chi connectivity index (χ3n) is 2.81. The number of esters is 1. The van der Waals surface area contributed by atoms with Gasteiger partial charge in [0.25, 0.3) is 0 Å². The molecule has 0 radical (unpaired) electrons. The van der Waals surface area contributed by atoms with Gasteiger partial charge in [0.05, 0.1) is 12.2 Å². The van der Waals surface area contributed by atoms with Crippen LogP contribution in [0.3, 0.4) is 0 Å². The van der Waals surface area contributed by atoms with Gasteiger partial charge >= 0.3 is 5.97 Å². The Hall–Kier alpha value is -1.35. The van der Waals surface area contributed by atoms with Crippen molar-refractivity contribution in [2.75, 3.05) is 6.61 Å². The fourth-order valence-electron chi connectivity index (χ4n) is 2.09. The van der Waals surface area contributed by atoms with Crippen LogP contribution >= 0.6 is 0 Å². The summed E-state index contributed by atoms with van der Waals surface area (Å²) in [5.41, 5.74) is 8.79. The van der Waals surface area contributed by atoms with E-state index in [9.17, 15) is 4.79 Å². The lowest BCUT2D eigenvalue weighted by atomic mass is 10.0. The van der Waals surface area contributed by atoms with Crippen LogP contribution in [0.5, 0.6) is 0 Å². The summed E-state index contributed by atoms with van der Waals surface area (Å²) in [4.78, 5) is 11.6. The van der Waals surface area contributed by atoms with E-state index in [1.807, 2.05) is 25.1 Å². The van der Waals surface area contributed by atoms with E-state index < -0.39 is 0 Å².